The van der Waals surface area contributed by atoms with Gasteiger partial charge in [-0.3, -0.25) is 0 Å². The van der Waals surface area contributed by atoms with Gasteiger partial charge in [-0.25, -0.2) is 14.2 Å². The Balaban J connectivity index is 1.44. The quantitative estimate of drug-likeness (QED) is 0.628. The van der Waals surface area contributed by atoms with Crippen LogP contribution >= 0.6 is 0 Å². The Labute approximate surface area is 172 Å². The molecule has 4 saturated heterocycles. The molecule has 0 N–H and O–H groups in total. The number of ether oxygens (including phenoxy) is 2. The average Bonchev–Trinajstić information content (AvgIpc) is 2.92. The molecular weight excluding hydrogens is 371 g/mol. The minimum absolute atomic E-state index is 0.0196. The minimum atomic E-state index is -0.753. The molecular formula is C24H31FO4. The second-order valence-electron chi connectivity index (χ2n) is 9.76. The molecule has 1 saturated carbocycles. The fourth-order valence-electron chi connectivity index (χ4n) is 6.26. The number of halogens is 1. The maximum absolute atomic E-state index is 13.3. The van der Waals surface area contributed by atoms with Gasteiger partial charge in [0.15, 0.2) is 11.9 Å². The predicted octanol–water partition coefficient (Wildman–Crippen LogP) is 5.48. The fraction of sp³-hybridized carbons (Fsp3) is 0.667. The molecule has 0 radical (unpaired) electrons. The van der Waals surface area contributed by atoms with E-state index in [1.165, 1.54) is 18.6 Å². The molecule has 0 amide bonds. The lowest BCUT2D eigenvalue weighted by atomic mass is 9.57. The van der Waals surface area contributed by atoms with Crippen LogP contribution in [0, 0.1) is 29.5 Å². The number of fused-ring (bicyclic) bond motifs is 2. The van der Waals surface area contributed by atoms with Crippen LogP contribution in [0.15, 0.2) is 30.8 Å². The molecule has 1 aromatic rings. The van der Waals surface area contributed by atoms with Crippen molar-refractivity contribution in [1.29, 1.82) is 0 Å². The van der Waals surface area contributed by atoms with Crippen molar-refractivity contribution >= 4 is 5.57 Å². The third-order valence-electron chi connectivity index (χ3n) is 7.99. The summed E-state index contributed by atoms with van der Waals surface area (Å²) in [5.41, 5.74) is 1.38. The normalized spacial score (nSPS) is 46.1. The summed E-state index contributed by atoms with van der Waals surface area (Å²) in [4.78, 5) is 12.1. The van der Waals surface area contributed by atoms with E-state index in [0.717, 1.165) is 30.4 Å². The Bertz CT molecular complexity index is 795. The molecule has 8 atom stereocenters. The van der Waals surface area contributed by atoms with Gasteiger partial charge in [0, 0.05) is 12.3 Å². The summed E-state index contributed by atoms with van der Waals surface area (Å²) < 4.78 is 26.3. The van der Waals surface area contributed by atoms with E-state index in [2.05, 4.69) is 20.4 Å². The van der Waals surface area contributed by atoms with Gasteiger partial charge >= 0.3 is 0 Å². The molecule has 0 unspecified atom stereocenters. The fourth-order valence-corrected chi connectivity index (χ4v) is 6.26. The highest BCUT2D eigenvalue weighted by Gasteiger charge is 2.69. The molecule has 29 heavy (non-hydrogen) atoms. The van der Waals surface area contributed by atoms with Crippen LogP contribution in [0.5, 0.6) is 0 Å². The summed E-state index contributed by atoms with van der Waals surface area (Å²) in [5.74, 6) is 0.546. The molecule has 1 aliphatic carbocycles. The first kappa shape index (κ1) is 19.7. The highest BCUT2D eigenvalue weighted by Crippen LogP contribution is 2.61. The zero-order valence-corrected chi connectivity index (χ0v) is 17.5. The van der Waals surface area contributed by atoms with Crippen molar-refractivity contribution in [2.75, 3.05) is 0 Å². The lowest BCUT2D eigenvalue weighted by Gasteiger charge is -2.60. The van der Waals surface area contributed by atoms with E-state index in [1.807, 2.05) is 6.92 Å². The molecule has 4 heterocycles. The smallest absolute Gasteiger partial charge is 0.201 e. The molecule has 5 heteroatoms. The van der Waals surface area contributed by atoms with Crippen molar-refractivity contribution < 1.29 is 23.6 Å². The number of rotatable bonds is 3. The molecule has 4 aliphatic heterocycles. The van der Waals surface area contributed by atoms with Crippen molar-refractivity contribution in [3.63, 3.8) is 0 Å². The van der Waals surface area contributed by atoms with E-state index in [9.17, 15) is 4.39 Å². The molecule has 1 aromatic carbocycles. The monoisotopic (exact) mass is 402 g/mol. The van der Waals surface area contributed by atoms with E-state index in [-0.39, 0.29) is 17.8 Å². The molecule has 5 fully saturated rings. The van der Waals surface area contributed by atoms with Gasteiger partial charge in [0.1, 0.15) is 5.82 Å². The van der Waals surface area contributed by atoms with Gasteiger partial charge in [-0.05, 0) is 73.6 Å². The largest absolute Gasteiger partial charge is 0.346 e. The summed E-state index contributed by atoms with van der Waals surface area (Å²) in [6.45, 7) is 10.8. The van der Waals surface area contributed by atoms with Crippen molar-refractivity contribution in [3.8, 4) is 0 Å². The first-order valence-corrected chi connectivity index (χ1v) is 11.0. The second kappa shape index (κ2) is 6.88. The van der Waals surface area contributed by atoms with Crippen LogP contribution in [0.3, 0.4) is 0 Å². The Hall–Kier alpha value is -1.27. The Kier molecular flexibility index (Phi) is 4.67. The van der Waals surface area contributed by atoms with Gasteiger partial charge in [0.25, 0.3) is 0 Å². The van der Waals surface area contributed by atoms with Gasteiger partial charge in [-0.1, -0.05) is 32.6 Å². The molecule has 158 valence electrons. The van der Waals surface area contributed by atoms with E-state index in [1.54, 1.807) is 12.1 Å². The summed E-state index contributed by atoms with van der Waals surface area (Å²) in [7, 11) is 0. The zero-order valence-electron chi connectivity index (χ0n) is 17.5. The van der Waals surface area contributed by atoms with Gasteiger partial charge in [-0.15, -0.1) is 0 Å². The summed E-state index contributed by atoms with van der Waals surface area (Å²) in [6.07, 6.45) is 4.38. The van der Waals surface area contributed by atoms with Crippen molar-refractivity contribution in [1.82, 2.24) is 0 Å². The second-order valence-corrected chi connectivity index (χ2v) is 9.76. The highest BCUT2D eigenvalue weighted by molar-refractivity contribution is 5.63. The molecule has 1 spiro atoms. The first-order valence-electron chi connectivity index (χ1n) is 11.0. The Morgan fingerprint density at radius 2 is 1.86 bits per heavy atom. The van der Waals surface area contributed by atoms with E-state index in [4.69, 9.17) is 19.2 Å². The van der Waals surface area contributed by atoms with Gasteiger partial charge in [-0.2, -0.15) is 0 Å². The lowest BCUT2D eigenvalue weighted by Crippen LogP contribution is -2.70. The molecule has 4 nitrogen and oxygen atoms in total. The zero-order chi connectivity index (χ0) is 20.4. The summed E-state index contributed by atoms with van der Waals surface area (Å²) in [5, 5.41) is 0. The Morgan fingerprint density at radius 3 is 2.62 bits per heavy atom. The van der Waals surface area contributed by atoms with Crippen molar-refractivity contribution in [2.45, 2.75) is 76.7 Å². The maximum atomic E-state index is 13.3. The van der Waals surface area contributed by atoms with Crippen LogP contribution in [0.4, 0.5) is 4.39 Å². The van der Waals surface area contributed by atoms with Gasteiger partial charge in [0.05, 0.1) is 6.10 Å². The number of benzene rings is 1. The SMILES string of the molecule is C=C(C[C@H]1O[C@@H]2O[C@@]3(C)CC[C@H]4[C@H](C)CC[C@@H]([C@H]1C)[C@@]24OO3)c1ccc(F)cc1. The van der Waals surface area contributed by atoms with E-state index in [0.29, 0.717) is 24.2 Å². The topological polar surface area (TPSA) is 36.9 Å². The molecule has 5 aliphatic rings. The minimum Gasteiger partial charge on any atom is -0.346 e. The first-order chi connectivity index (χ1) is 13.8. The van der Waals surface area contributed by atoms with E-state index < -0.39 is 17.7 Å². The van der Waals surface area contributed by atoms with E-state index >= 15 is 0 Å². The van der Waals surface area contributed by atoms with Crippen LogP contribution in [0.2, 0.25) is 0 Å². The Morgan fingerprint density at radius 1 is 1.10 bits per heavy atom. The molecule has 2 bridgehead atoms. The maximum Gasteiger partial charge on any atom is 0.201 e. The third kappa shape index (κ3) is 3.01. The van der Waals surface area contributed by atoms with Gasteiger partial charge in [0.2, 0.25) is 5.79 Å². The molecule has 0 aromatic heterocycles. The van der Waals surface area contributed by atoms with Crippen LogP contribution in [0.1, 0.15) is 58.4 Å². The summed E-state index contributed by atoms with van der Waals surface area (Å²) >= 11 is 0. The number of hydrogen-bond acceptors (Lipinski definition) is 4. The number of hydrogen-bond donors (Lipinski definition) is 0. The average molecular weight is 403 g/mol. The van der Waals surface area contributed by atoms with Crippen molar-refractivity contribution in [2.24, 2.45) is 23.7 Å². The highest BCUT2D eigenvalue weighted by atomic mass is 19.1. The predicted molar refractivity (Wildman–Crippen MR) is 107 cm³/mol. The van der Waals surface area contributed by atoms with Crippen LogP contribution in [-0.2, 0) is 19.2 Å². The summed E-state index contributed by atoms with van der Waals surface area (Å²) in [6, 6.07) is 6.53. The van der Waals surface area contributed by atoms with Crippen LogP contribution in [0.25, 0.3) is 5.57 Å². The van der Waals surface area contributed by atoms with Crippen LogP contribution in [-0.4, -0.2) is 23.8 Å². The van der Waals surface area contributed by atoms with Gasteiger partial charge < -0.3 is 9.47 Å². The molecule has 6 rings (SSSR count). The van der Waals surface area contributed by atoms with Crippen molar-refractivity contribution in [3.05, 3.63) is 42.2 Å². The van der Waals surface area contributed by atoms with Crippen LogP contribution < -0.4 is 0 Å². The third-order valence-corrected chi connectivity index (χ3v) is 7.99. The standard InChI is InChI=1S/C24H31FO4/c1-14-5-10-20-16(3)21(13-15(2)17-6-8-18(25)9-7-17)26-22-24(20)19(14)11-12-23(4,27-22)28-29-24/h6-9,14,16,19-22H,2,5,10-13H2,1,3-4H3/t14-,16-,19+,20+,21-,22-,23-,24-/m1/s1. The lowest BCUT2D eigenvalue weighted by molar-refractivity contribution is -0.570.